The van der Waals surface area contributed by atoms with Crippen molar-refractivity contribution >= 4 is 31.9 Å². The van der Waals surface area contributed by atoms with Crippen LogP contribution < -0.4 is 10.1 Å². The van der Waals surface area contributed by atoms with Crippen molar-refractivity contribution in [3.63, 3.8) is 0 Å². The van der Waals surface area contributed by atoms with Gasteiger partial charge in [-0.25, -0.2) is 0 Å². The number of hydrogen-bond acceptors (Lipinski definition) is 2. The summed E-state index contributed by atoms with van der Waals surface area (Å²) in [5.74, 6) is 1.88. The topological polar surface area (TPSA) is 21.3 Å². The maximum Gasteiger partial charge on any atom is 0.137 e. The molecule has 18 heavy (non-hydrogen) atoms. The molecule has 0 radical (unpaired) electrons. The number of rotatable bonds is 6. The second kappa shape index (κ2) is 6.40. The summed E-state index contributed by atoms with van der Waals surface area (Å²) < 4.78 is 7.51. The van der Waals surface area contributed by atoms with Crippen LogP contribution in [0.15, 0.2) is 21.1 Å². The molecule has 1 unspecified atom stereocenters. The lowest BCUT2D eigenvalue weighted by Gasteiger charge is -2.16. The SMILES string of the molecule is COc1c(Br)cc(Br)cc1CNC(C)CC1CC1. The van der Waals surface area contributed by atoms with Crippen LogP contribution in [0.1, 0.15) is 31.7 Å². The first-order valence-corrected chi connectivity index (χ1v) is 7.94. The van der Waals surface area contributed by atoms with E-state index in [1.807, 2.05) is 6.07 Å². The molecular weight excluding hydrogens is 358 g/mol. The van der Waals surface area contributed by atoms with Crippen molar-refractivity contribution in [2.24, 2.45) is 5.92 Å². The summed E-state index contributed by atoms with van der Waals surface area (Å²) >= 11 is 7.05. The van der Waals surface area contributed by atoms with Gasteiger partial charge >= 0.3 is 0 Å². The molecule has 100 valence electrons. The Balaban J connectivity index is 1.98. The van der Waals surface area contributed by atoms with Crippen LogP contribution in [-0.2, 0) is 6.54 Å². The third kappa shape index (κ3) is 3.97. The van der Waals surface area contributed by atoms with Gasteiger partial charge in [-0.05, 0) is 47.3 Å². The number of nitrogens with one attached hydrogen (secondary N) is 1. The first-order valence-electron chi connectivity index (χ1n) is 6.35. The van der Waals surface area contributed by atoms with Crippen LogP contribution in [0.25, 0.3) is 0 Å². The van der Waals surface area contributed by atoms with Crippen LogP contribution in [0.5, 0.6) is 5.75 Å². The van der Waals surface area contributed by atoms with Gasteiger partial charge < -0.3 is 10.1 Å². The van der Waals surface area contributed by atoms with Gasteiger partial charge in [-0.1, -0.05) is 28.8 Å². The van der Waals surface area contributed by atoms with Crippen LogP contribution in [-0.4, -0.2) is 13.2 Å². The summed E-state index contributed by atoms with van der Waals surface area (Å²) in [6, 6.07) is 4.69. The van der Waals surface area contributed by atoms with E-state index < -0.39 is 0 Å². The Hall–Kier alpha value is -0.0600. The fourth-order valence-corrected chi connectivity index (χ4v) is 3.67. The standard InChI is InChI=1S/C14H19Br2NO/c1-9(5-10-3-4-10)17-8-11-6-12(15)7-13(16)14(11)18-2/h6-7,9-10,17H,3-5,8H2,1-2H3. The van der Waals surface area contributed by atoms with E-state index in [4.69, 9.17) is 4.74 Å². The molecule has 1 N–H and O–H groups in total. The number of benzene rings is 1. The molecule has 0 bridgehead atoms. The molecule has 2 rings (SSSR count). The van der Waals surface area contributed by atoms with Crippen LogP contribution in [0.4, 0.5) is 0 Å². The number of halogens is 2. The highest BCUT2D eigenvalue weighted by Gasteiger charge is 2.23. The zero-order chi connectivity index (χ0) is 13.1. The van der Waals surface area contributed by atoms with Crippen molar-refractivity contribution in [1.29, 1.82) is 0 Å². The predicted octanol–water partition coefficient (Wildman–Crippen LogP) is 4.50. The Kier molecular flexibility index (Phi) is 5.10. The van der Waals surface area contributed by atoms with Gasteiger partial charge in [-0.3, -0.25) is 0 Å². The third-order valence-corrected chi connectivity index (χ3v) is 4.36. The number of hydrogen-bond donors (Lipinski definition) is 1. The van der Waals surface area contributed by atoms with E-state index in [1.54, 1.807) is 7.11 Å². The van der Waals surface area contributed by atoms with Crippen molar-refractivity contribution in [1.82, 2.24) is 5.32 Å². The number of methoxy groups -OCH3 is 1. The highest BCUT2D eigenvalue weighted by molar-refractivity contribution is 9.11. The fraction of sp³-hybridized carbons (Fsp3) is 0.571. The monoisotopic (exact) mass is 375 g/mol. The summed E-state index contributed by atoms with van der Waals surface area (Å²) in [5.41, 5.74) is 1.18. The van der Waals surface area contributed by atoms with Gasteiger partial charge in [-0.2, -0.15) is 0 Å². The number of ether oxygens (including phenoxy) is 1. The second-order valence-electron chi connectivity index (χ2n) is 5.04. The van der Waals surface area contributed by atoms with E-state index in [1.165, 1.54) is 24.8 Å². The lowest BCUT2D eigenvalue weighted by atomic mass is 10.1. The van der Waals surface area contributed by atoms with Gasteiger partial charge in [0.25, 0.3) is 0 Å². The quantitative estimate of drug-likeness (QED) is 0.789. The first kappa shape index (κ1) is 14.4. The van der Waals surface area contributed by atoms with Gasteiger partial charge in [0.2, 0.25) is 0 Å². The summed E-state index contributed by atoms with van der Waals surface area (Å²) in [6.07, 6.45) is 4.12. The zero-order valence-corrected chi connectivity index (χ0v) is 14.0. The Morgan fingerprint density at radius 2 is 2.11 bits per heavy atom. The van der Waals surface area contributed by atoms with Crippen LogP contribution in [0.3, 0.4) is 0 Å². The molecule has 0 heterocycles. The lowest BCUT2D eigenvalue weighted by Crippen LogP contribution is -2.26. The van der Waals surface area contributed by atoms with Gasteiger partial charge in [0.15, 0.2) is 0 Å². The van der Waals surface area contributed by atoms with Crippen molar-refractivity contribution in [2.45, 2.75) is 38.8 Å². The minimum Gasteiger partial charge on any atom is -0.495 e. The molecule has 1 aromatic rings. The maximum atomic E-state index is 5.45. The molecule has 1 fully saturated rings. The van der Waals surface area contributed by atoms with E-state index in [9.17, 15) is 0 Å². The average Bonchev–Trinajstić information content (AvgIpc) is 3.09. The molecular formula is C14H19Br2NO. The van der Waals surface area contributed by atoms with Crippen LogP contribution in [0.2, 0.25) is 0 Å². The average molecular weight is 377 g/mol. The first-order chi connectivity index (χ1) is 8.60. The van der Waals surface area contributed by atoms with Gasteiger partial charge in [-0.15, -0.1) is 0 Å². The molecule has 0 spiro atoms. The van der Waals surface area contributed by atoms with Crippen molar-refractivity contribution in [3.05, 3.63) is 26.6 Å². The Morgan fingerprint density at radius 3 is 2.72 bits per heavy atom. The molecule has 0 amide bonds. The van der Waals surface area contributed by atoms with Gasteiger partial charge in [0.1, 0.15) is 5.75 Å². The van der Waals surface area contributed by atoms with E-state index in [0.717, 1.165) is 27.2 Å². The molecule has 0 aliphatic heterocycles. The normalized spacial score (nSPS) is 16.7. The van der Waals surface area contributed by atoms with E-state index in [-0.39, 0.29) is 0 Å². The molecule has 4 heteroatoms. The molecule has 1 aliphatic carbocycles. The molecule has 1 aliphatic rings. The molecule has 0 saturated heterocycles. The molecule has 1 aromatic carbocycles. The van der Waals surface area contributed by atoms with Gasteiger partial charge in [0.05, 0.1) is 11.6 Å². The Morgan fingerprint density at radius 1 is 1.39 bits per heavy atom. The largest absolute Gasteiger partial charge is 0.495 e. The molecule has 0 aromatic heterocycles. The maximum absolute atomic E-state index is 5.45. The van der Waals surface area contributed by atoms with E-state index in [2.05, 4.69) is 50.2 Å². The zero-order valence-electron chi connectivity index (χ0n) is 10.8. The van der Waals surface area contributed by atoms with Crippen molar-refractivity contribution in [3.8, 4) is 5.75 Å². The highest BCUT2D eigenvalue weighted by atomic mass is 79.9. The molecule has 2 nitrogen and oxygen atoms in total. The van der Waals surface area contributed by atoms with Crippen molar-refractivity contribution in [2.75, 3.05) is 7.11 Å². The fourth-order valence-electron chi connectivity index (χ4n) is 2.19. The molecule has 1 saturated carbocycles. The summed E-state index contributed by atoms with van der Waals surface area (Å²) in [6.45, 7) is 3.10. The third-order valence-electron chi connectivity index (χ3n) is 3.31. The van der Waals surface area contributed by atoms with Crippen LogP contribution in [0, 0.1) is 5.92 Å². The molecule has 1 atom stereocenters. The summed E-state index contributed by atoms with van der Waals surface area (Å²) in [5, 5.41) is 3.58. The summed E-state index contributed by atoms with van der Waals surface area (Å²) in [7, 11) is 1.71. The minimum absolute atomic E-state index is 0.569. The van der Waals surface area contributed by atoms with Crippen LogP contribution >= 0.6 is 31.9 Å². The highest BCUT2D eigenvalue weighted by Crippen LogP contribution is 2.34. The second-order valence-corrected chi connectivity index (χ2v) is 6.81. The van der Waals surface area contributed by atoms with E-state index in [0.29, 0.717) is 6.04 Å². The Bertz CT molecular complexity index is 419. The summed E-state index contributed by atoms with van der Waals surface area (Å²) in [4.78, 5) is 0. The van der Waals surface area contributed by atoms with Gasteiger partial charge in [0, 0.05) is 22.6 Å². The lowest BCUT2D eigenvalue weighted by molar-refractivity contribution is 0.401. The predicted molar refractivity (Wildman–Crippen MR) is 82.0 cm³/mol. The smallest absolute Gasteiger partial charge is 0.137 e. The minimum atomic E-state index is 0.569. The van der Waals surface area contributed by atoms with Crippen molar-refractivity contribution < 1.29 is 4.74 Å². The Labute approximate surface area is 126 Å². The van der Waals surface area contributed by atoms with E-state index >= 15 is 0 Å².